The molecule has 0 bridgehead atoms. The average Bonchev–Trinajstić information content (AvgIpc) is 3.12. The fourth-order valence-corrected chi connectivity index (χ4v) is 2.94. The molecule has 1 aromatic carbocycles. The predicted molar refractivity (Wildman–Crippen MR) is 99.9 cm³/mol. The molecule has 9 heteroatoms. The Morgan fingerprint density at radius 1 is 1.21 bits per heavy atom. The molecule has 0 aliphatic rings. The van der Waals surface area contributed by atoms with Gasteiger partial charge in [0.1, 0.15) is 17.3 Å². The van der Waals surface area contributed by atoms with E-state index in [0.717, 1.165) is 12.1 Å². The Bertz CT molecular complexity index is 1050. The molecule has 0 saturated heterocycles. The Labute approximate surface area is 165 Å². The van der Waals surface area contributed by atoms with E-state index in [1.54, 1.807) is 33.8 Å². The van der Waals surface area contributed by atoms with Gasteiger partial charge in [0.2, 0.25) is 0 Å². The van der Waals surface area contributed by atoms with Gasteiger partial charge >= 0.3 is 6.18 Å². The number of halogens is 3. The third kappa shape index (κ3) is 4.44. The third-order valence-corrected chi connectivity index (χ3v) is 4.42. The quantitative estimate of drug-likeness (QED) is 0.645. The molecule has 0 unspecified atom stereocenters. The standard InChI is InChI=1S/C20H20F3N3O3/c1-11-8-17(14(4)29-11)19(27)24-18-12(2)25-26(13(18)3)10-28-16-7-5-6-15(9-16)20(21,22)23/h5-9H,10H2,1-4H3,(H,24,27). The van der Waals surface area contributed by atoms with Crippen molar-refractivity contribution in [3.63, 3.8) is 0 Å². The van der Waals surface area contributed by atoms with Crippen molar-refractivity contribution >= 4 is 11.6 Å². The van der Waals surface area contributed by atoms with E-state index in [4.69, 9.17) is 9.15 Å². The van der Waals surface area contributed by atoms with Crippen LogP contribution in [0.4, 0.5) is 18.9 Å². The maximum Gasteiger partial charge on any atom is 0.416 e. The van der Waals surface area contributed by atoms with Crippen molar-refractivity contribution in [2.24, 2.45) is 0 Å². The van der Waals surface area contributed by atoms with Gasteiger partial charge in [-0.1, -0.05) is 6.07 Å². The normalized spacial score (nSPS) is 11.6. The van der Waals surface area contributed by atoms with E-state index < -0.39 is 11.7 Å². The molecule has 3 rings (SSSR count). The molecule has 2 heterocycles. The van der Waals surface area contributed by atoms with Crippen molar-refractivity contribution in [2.75, 3.05) is 5.32 Å². The minimum Gasteiger partial charge on any atom is -0.471 e. The van der Waals surface area contributed by atoms with Gasteiger partial charge < -0.3 is 14.5 Å². The molecular weight excluding hydrogens is 387 g/mol. The summed E-state index contributed by atoms with van der Waals surface area (Å²) in [7, 11) is 0. The van der Waals surface area contributed by atoms with Crippen molar-refractivity contribution < 1.29 is 27.1 Å². The van der Waals surface area contributed by atoms with E-state index in [9.17, 15) is 18.0 Å². The number of nitrogens with one attached hydrogen (secondary N) is 1. The number of aromatic nitrogens is 2. The molecule has 0 aliphatic carbocycles. The SMILES string of the molecule is Cc1cc(C(=O)Nc2c(C)nn(COc3cccc(C(F)(F)F)c3)c2C)c(C)o1. The molecule has 0 radical (unpaired) electrons. The van der Waals surface area contributed by atoms with Crippen molar-refractivity contribution in [1.82, 2.24) is 9.78 Å². The summed E-state index contributed by atoms with van der Waals surface area (Å²) in [6.07, 6.45) is -4.45. The first-order valence-corrected chi connectivity index (χ1v) is 8.78. The summed E-state index contributed by atoms with van der Waals surface area (Å²) >= 11 is 0. The topological polar surface area (TPSA) is 69.3 Å². The molecule has 1 N–H and O–H groups in total. The minimum atomic E-state index is -4.45. The monoisotopic (exact) mass is 407 g/mol. The number of ether oxygens (including phenoxy) is 1. The number of furan rings is 1. The molecule has 1 amide bonds. The van der Waals surface area contributed by atoms with E-state index >= 15 is 0 Å². The fourth-order valence-electron chi connectivity index (χ4n) is 2.94. The van der Waals surface area contributed by atoms with Gasteiger partial charge in [0.05, 0.1) is 28.2 Å². The van der Waals surface area contributed by atoms with Gasteiger partial charge in [0.15, 0.2) is 6.73 Å². The predicted octanol–water partition coefficient (Wildman–Crippen LogP) is 5.02. The van der Waals surface area contributed by atoms with Gasteiger partial charge in [-0.25, -0.2) is 4.68 Å². The van der Waals surface area contributed by atoms with Crippen molar-refractivity contribution in [3.8, 4) is 5.75 Å². The molecule has 29 heavy (non-hydrogen) atoms. The number of alkyl halides is 3. The van der Waals surface area contributed by atoms with Gasteiger partial charge in [0.25, 0.3) is 5.91 Å². The van der Waals surface area contributed by atoms with Gasteiger partial charge in [-0.05, 0) is 52.0 Å². The van der Waals surface area contributed by atoms with Crippen molar-refractivity contribution in [1.29, 1.82) is 0 Å². The average molecular weight is 407 g/mol. The van der Waals surface area contributed by atoms with Gasteiger partial charge in [-0.15, -0.1) is 0 Å². The largest absolute Gasteiger partial charge is 0.471 e. The van der Waals surface area contributed by atoms with E-state index in [0.29, 0.717) is 34.2 Å². The zero-order valence-electron chi connectivity index (χ0n) is 16.3. The summed E-state index contributed by atoms with van der Waals surface area (Å²) in [5.41, 5.74) is 1.32. The maximum absolute atomic E-state index is 12.8. The molecule has 0 fully saturated rings. The smallest absolute Gasteiger partial charge is 0.416 e. The second-order valence-corrected chi connectivity index (χ2v) is 6.63. The van der Waals surface area contributed by atoms with Crippen LogP contribution in [-0.2, 0) is 12.9 Å². The van der Waals surface area contributed by atoms with Crippen molar-refractivity contribution in [3.05, 3.63) is 64.4 Å². The minimum absolute atomic E-state index is 0.0717. The molecule has 3 aromatic rings. The Hall–Kier alpha value is -3.23. The van der Waals surface area contributed by atoms with Crippen molar-refractivity contribution in [2.45, 2.75) is 40.6 Å². The van der Waals surface area contributed by atoms with Crippen LogP contribution >= 0.6 is 0 Å². The number of anilines is 1. The van der Waals surface area contributed by atoms with Crippen LogP contribution < -0.4 is 10.1 Å². The number of nitrogens with zero attached hydrogens (tertiary/aromatic N) is 2. The highest BCUT2D eigenvalue weighted by molar-refractivity contribution is 6.05. The van der Waals surface area contributed by atoms with Crippen LogP contribution in [0.15, 0.2) is 34.7 Å². The summed E-state index contributed by atoms with van der Waals surface area (Å²) in [6, 6.07) is 6.27. The first-order valence-electron chi connectivity index (χ1n) is 8.78. The number of rotatable bonds is 5. The number of aryl methyl sites for hydroxylation is 3. The van der Waals surface area contributed by atoms with E-state index in [1.165, 1.54) is 16.8 Å². The fraction of sp³-hybridized carbons (Fsp3) is 0.300. The highest BCUT2D eigenvalue weighted by Gasteiger charge is 2.30. The molecule has 2 aromatic heterocycles. The Morgan fingerprint density at radius 3 is 2.55 bits per heavy atom. The Morgan fingerprint density at radius 2 is 1.93 bits per heavy atom. The Kier molecular flexibility index (Phi) is 5.41. The lowest BCUT2D eigenvalue weighted by atomic mass is 10.2. The van der Waals surface area contributed by atoms with Crippen LogP contribution in [0.3, 0.4) is 0 Å². The lowest BCUT2D eigenvalue weighted by molar-refractivity contribution is -0.137. The molecular formula is C20H20F3N3O3. The van der Waals surface area contributed by atoms with Crippen LogP contribution in [0.1, 0.15) is 38.8 Å². The zero-order valence-corrected chi connectivity index (χ0v) is 16.3. The summed E-state index contributed by atoms with van der Waals surface area (Å²) < 4.78 is 50.8. The van der Waals surface area contributed by atoms with Gasteiger partial charge in [-0.2, -0.15) is 18.3 Å². The van der Waals surface area contributed by atoms with Crippen LogP contribution in [0.5, 0.6) is 5.75 Å². The molecule has 0 saturated carbocycles. The number of carbonyl (C=O) groups excluding carboxylic acids is 1. The summed E-state index contributed by atoms with van der Waals surface area (Å²) in [4.78, 5) is 12.5. The third-order valence-electron chi connectivity index (χ3n) is 4.42. The van der Waals surface area contributed by atoms with E-state index in [1.807, 2.05) is 0 Å². The number of benzene rings is 1. The number of carbonyl (C=O) groups is 1. The maximum atomic E-state index is 12.8. The number of hydrogen-bond donors (Lipinski definition) is 1. The van der Waals surface area contributed by atoms with Crippen LogP contribution in [0.25, 0.3) is 0 Å². The van der Waals surface area contributed by atoms with Crippen LogP contribution in [-0.4, -0.2) is 15.7 Å². The molecule has 0 atom stereocenters. The Balaban J connectivity index is 1.74. The molecule has 0 spiro atoms. The second kappa shape index (κ2) is 7.65. The summed E-state index contributed by atoms with van der Waals surface area (Å²) in [6.45, 7) is 6.81. The number of hydrogen-bond acceptors (Lipinski definition) is 4. The summed E-state index contributed by atoms with van der Waals surface area (Å²) in [5.74, 6) is 0.883. The molecule has 154 valence electrons. The van der Waals surface area contributed by atoms with E-state index in [2.05, 4.69) is 10.4 Å². The van der Waals surface area contributed by atoms with E-state index in [-0.39, 0.29) is 18.4 Å². The van der Waals surface area contributed by atoms with Crippen LogP contribution in [0.2, 0.25) is 0 Å². The highest BCUT2D eigenvalue weighted by atomic mass is 19.4. The lowest BCUT2D eigenvalue weighted by Crippen LogP contribution is -2.14. The molecule has 6 nitrogen and oxygen atoms in total. The highest BCUT2D eigenvalue weighted by Crippen LogP contribution is 2.31. The number of amides is 1. The van der Waals surface area contributed by atoms with Gasteiger partial charge in [0, 0.05) is 0 Å². The first-order chi connectivity index (χ1) is 13.6. The second-order valence-electron chi connectivity index (χ2n) is 6.63. The first kappa shape index (κ1) is 20.5. The lowest BCUT2D eigenvalue weighted by Gasteiger charge is -2.11. The zero-order chi connectivity index (χ0) is 21.3. The van der Waals surface area contributed by atoms with Crippen LogP contribution in [0, 0.1) is 27.7 Å². The van der Waals surface area contributed by atoms with Gasteiger partial charge in [-0.3, -0.25) is 4.79 Å². The summed E-state index contributed by atoms with van der Waals surface area (Å²) in [5, 5.41) is 7.11. The molecule has 0 aliphatic heterocycles.